The summed E-state index contributed by atoms with van der Waals surface area (Å²) in [5.41, 5.74) is -0.295. The molecular formula is C12H21NO2S. The predicted molar refractivity (Wildman–Crippen MR) is 67.3 cm³/mol. The topological polar surface area (TPSA) is 61.1 Å². The van der Waals surface area contributed by atoms with Crippen LogP contribution in [0.3, 0.4) is 0 Å². The van der Waals surface area contributed by atoms with Crippen molar-refractivity contribution in [1.82, 2.24) is 0 Å². The second-order valence-electron chi connectivity index (χ2n) is 4.97. The highest BCUT2D eigenvalue weighted by molar-refractivity contribution is 8.00. The Morgan fingerprint density at radius 1 is 1.50 bits per heavy atom. The van der Waals surface area contributed by atoms with E-state index in [-0.39, 0.29) is 16.6 Å². The lowest BCUT2D eigenvalue weighted by Gasteiger charge is -2.17. The minimum absolute atomic E-state index is 0.145. The summed E-state index contributed by atoms with van der Waals surface area (Å²) in [5, 5.41) is 17.5. The summed E-state index contributed by atoms with van der Waals surface area (Å²) in [6, 6.07) is 2.25. The molecule has 1 atom stereocenters. The van der Waals surface area contributed by atoms with Gasteiger partial charge in [-0.05, 0) is 38.4 Å². The average Bonchev–Trinajstić information content (AvgIpc) is 2.16. The van der Waals surface area contributed by atoms with Crippen LogP contribution in [0, 0.1) is 22.7 Å². The number of nitrogens with zero attached hydrogens (tertiary/aromatic N) is 1. The number of rotatable bonds is 7. The maximum absolute atomic E-state index is 10.9. The van der Waals surface area contributed by atoms with Gasteiger partial charge in [-0.15, -0.1) is 11.8 Å². The Morgan fingerprint density at radius 3 is 2.44 bits per heavy atom. The monoisotopic (exact) mass is 243 g/mol. The Kier molecular flexibility index (Phi) is 6.51. The number of nitriles is 1. The third-order valence-electron chi connectivity index (χ3n) is 2.40. The molecule has 0 spiro atoms. The van der Waals surface area contributed by atoms with Crippen LogP contribution in [0.2, 0.25) is 0 Å². The van der Waals surface area contributed by atoms with Gasteiger partial charge >= 0.3 is 5.97 Å². The molecule has 92 valence electrons. The molecule has 0 radical (unpaired) electrons. The summed E-state index contributed by atoms with van der Waals surface area (Å²) in [7, 11) is 0. The number of hydrogen-bond acceptors (Lipinski definition) is 3. The van der Waals surface area contributed by atoms with E-state index in [1.165, 1.54) is 11.8 Å². The fraction of sp³-hybridized carbons (Fsp3) is 0.833. The maximum Gasteiger partial charge on any atom is 0.316 e. The van der Waals surface area contributed by atoms with Crippen LogP contribution in [-0.4, -0.2) is 22.1 Å². The van der Waals surface area contributed by atoms with Crippen molar-refractivity contribution in [3.63, 3.8) is 0 Å². The van der Waals surface area contributed by atoms with Gasteiger partial charge in [-0.2, -0.15) is 5.26 Å². The summed E-state index contributed by atoms with van der Waals surface area (Å²) in [6.07, 6.45) is 1.71. The Labute approximate surface area is 102 Å². The highest BCUT2D eigenvalue weighted by Gasteiger charge is 2.22. The molecule has 0 aliphatic rings. The number of carbonyl (C=O) groups is 1. The van der Waals surface area contributed by atoms with Crippen molar-refractivity contribution in [1.29, 1.82) is 5.26 Å². The van der Waals surface area contributed by atoms with Gasteiger partial charge in [-0.1, -0.05) is 13.8 Å². The first-order valence-corrected chi connectivity index (χ1v) is 6.60. The zero-order valence-corrected chi connectivity index (χ0v) is 11.3. The Bertz CT molecular complexity index is 269. The molecule has 1 N–H and O–H groups in total. The van der Waals surface area contributed by atoms with Crippen LogP contribution in [0.15, 0.2) is 0 Å². The van der Waals surface area contributed by atoms with Gasteiger partial charge < -0.3 is 5.11 Å². The summed E-state index contributed by atoms with van der Waals surface area (Å²) < 4.78 is 0. The lowest BCUT2D eigenvalue weighted by Crippen LogP contribution is -2.23. The highest BCUT2D eigenvalue weighted by Crippen LogP contribution is 2.25. The van der Waals surface area contributed by atoms with Crippen molar-refractivity contribution >= 4 is 17.7 Å². The summed E-state index contributed by atoms with van der Waals surface area (Å²) in [4.78, 5) is 10.9. The molecular weight excluding hydrogens is 222 g/mol. The number of carboxylic acid groups (broad SMARTS) is 1. The van der Waals surface area contributed by atoms with E-state index in [4.69, 9.17) is 10.4 Å². The van der Waals surface area contributed by atoms with E-state index < -0.39 is 5.97 Å². The van der Waals surface area contributed by atoms with E-state index in [1.54, 1.807) is 0 Å². The van der Waals surface area contributed by atoms with Gasteiger partial charge in [0.1, 0.15) is 5.25 Å². The Balaban J connectivity index is 3.90. The molecule has 4 heteroatoms. The van der Waals surface area contributed by atoms with Crippen molar-refractivity contribution in [2.45, 2.75) is 45.8 Å². The first-order valence-electron chi connectivity index (χ1n) is 5.56. The van der Waals surface area contributed by atoms with E-state index in [2.05, 4.69) is 6.07 Å². The number of aliphatic carboxylic acids is 1. The second-order valence-corrected chi connectivity index (χ2v) is 6.22. The van der Waals surface area contributed by atoms with Gasteiger partial charge in [0.2, 0.25) is 0 Å². The molecule has 0 heterocycles. The minimum atomic E-state index is -0.737. The highest BCUT2D eigenvalue weighted by atomic mass is 32.2. The molecule has 0 aliphatic heterocycles. The fourth-order valence-electron chi connectivity index (χ4n) is 1.33. The third-order valence-corrected chi connectivity index (χ3v) is 4.02. The SMILES string of the molecule is CC(C)C(SCCCC(C)(C)C#N)C(=O)O. The van der Waals surface area contributed by atoms with Crippen LogP contribution in [-0.2, 0) is 4.79 Å². The minimum Gasteiger partial charge on any atom is -0.480 e. The van der Waals surface area contributed by atoms with Gasteiger partial charge in [-0.25, -0.2) is 0 Å². The van der Waals surface area contributed by atoms with Crippen LogP contribution in [0.1, 0.15) is 40.5 Å². The zero-order valence-electron chi connectivity index (χ0n) is 10.5. The number of thioether (sulfide) groups is 1. The molecule has 0 rings (SSSR count). The van der Waals surface area contributed by atoms with Crippen molar-refractivity contribution in [2.75, 3.05) is 5.75 Å². The lowest BCUT2D eigenvalue weighted by atomic mass is 9.90. The summed E-state index contributed by atoms with van der Waals surface area (Å²) in [5.74, 6) is 0.214. The van der Waals surface area contributed by atoms with Crippen molar-refractivity contribution in [3.05, 3.63) is 0 Å². The molecule has 0 aromatic carbocycles. The molecule has 0 saturated heterocycles. The van der Waals surface area contributed by atoms with Gasteiger partial charge in [0.15, 0.2) is 0 Å². The molecule has 0 saturated carbocycles. The zero-order chi connectivity index (χ0) is 12.8. The quantitative estimate of drug-likeness (QED) is 0.698. The maximum atomic E-state index is 10.9. The van der Waals surface area contributed by atoms with Crippen molar-refractivity contribution < 1.29 is 9.90 Å². The number of hydrogen-bond donors (Lipinski definition) is 1. The van der Waals surface area contributed by atoms with E-state index in [0.717, 1.165) is 18.6 Å². The largest absolute Gasteiger partial charge is 0.480 e. The lowest BCUT2D eigenvalue weighted by molar-refractivity contribution is -0.137. The predicted octanol–water partition coefficient (Wildman–Crippen LogP) is 3.16. The number of carboxylic acids is 1. The summed E-state index contributed by atoms with van der Waals surface area (Å²) >= 11 is 1.48. The molecule has 16 heavy (non-hydrogen) atoms. The van der Waals surface area contributed by atoms with Crippen molar-refractivity contribution in [3.8, 4) is 6.07 Å². The molecule has 3 nitrogen and oxygen atoms in total. The van der Waals surface area contributed by atoms with Gasteiger partial charge in [0.25, 0.3) is 0 Å². The van der Waals surface area contributed by atoms with E-state index >= 15 is 0 Å². The molecule has 0 aromatic heterocycles. The standard InChI is InChI=1S/C12H21NO2S/c1-9(2)10(11(14)15)16-7-5-6-12(3,4)8-13/h9-10H,5-7H2,1-4H3,(H,14,15). The van der Waals surface area contributed by atoms with Crippen LogP contribution in [0.25, 0.3) is 0 Å². The molecule has 0 fully saturated rings. The molecule has 0 bridgehead atoms. The fourth-order valence-corrected chi connectivity index (χ4v) is 2.42. The smallest absolute Gasteiger partial charge is 0.316 e. The van der Waals surface area contributed by atoms with Crippen molar-refractivity contribution in [2.24, 2.45) is 11.3 Å². The van der Waals surface area contributed by atoms with Crippen LogP contribution in [0.4, 0.5) is 0 Å². The van der Waals surface area contributed by atoms with Crippen LogP contribution in [0.5, 0.6) is 0 Å². The van der Waals surface area contributed by atoms with Crippen LogP contribution < -0.4 is 0 Å². The Morgan fingerprint density at radius 2 is 2.06 bits per heavy atom. The molecule has 0 amide bonds. The Hall–Kier alpha value is -0.690. The van der Waals surface area contributed by atoms with Gasteiger partial charge in [0, 0.05) is 0 Å². The first-order chi connectivity index (χ1) is 7.30. The van der Waals surface area contributed by atoms with Crippen LogP contribution >= 0.6 is 11.8 Å². The summed E-state index contributed by atoms with van der Waals surface area (Å²) in [6.45, 7) is 7.67. The van der Waals surface area contributed by atoms with Gasteiger partial charge in [-0.3, -0.25) is 4.79 Å². The second kappa shape index (κ2) is 6.80. The van der Waals surface area contributed by atoms with E-state index in [1.807, 2.05) is 27.7 Å². The third kappa shape index (κ3) is 6.02. The first kappa shape index (κ1) is 15.3. The van der Waals surface area contributed by atoms with Gasteiger partial charge in [0.05, 0.1) is 11.5 Å². The normalized spacial score (nSPS) is 13.5. The molecule has 1 unspecified atom stereocenters. The molecule has 0 aromatic rings. The molecule has 0 aliphatic carbocycles. The average molecular weight is 243 g/mol. The van der Waals surface area contributed by atoms with E-state index in [9.17, 15) is 4.79 Å². The van der Waals surface area contributed by atoms with E-state index in [0.29, 0.717) is 0 Å².